The maximum Gasteiger partial charge on any atom is 0.331 e. The number of hydrogen-bond donors (Lipinski definition) is 0. The van der Waals surface area contributed by atoms with Crippen LogP contribution in [0.15, 0.2) is 41.2 Å². The van der Waals surface area contributed by atoms with Crippen LogP contribution in [0.5, 0.6) is 0 Å². The minimum atomic E-state index is -0.286. The van der Waals surface area contributed by atoms with Gasteiger partial charge in [0, 0.05) is 19.2 Å². The highest BCUT2D eigenvalue weighted by atomic mass is 16.2. The van der Waals surface area contributed by atoms with Gasteiger partial charge in [0.25, 0.3) is 5.56 Å². The highest BCUT2D eigenvalue weighted by Gasteiger charge is 2.15. The summed E-state index contributed by atoms with van der Waals surface area (Å²) in [5, 5.41) is 0.887. The number of rotatable bonds is 2. The topological polar surface area (TPSA) is 42.3 Å². The Labute approximate surface area is 105 Å². The van der Waals surface area contributed by atoms with E-state index < -0.39 is 0 Å². The monoisotopic (exact) mass is 244 g/mol. The SMILES string of the molecule is CCN(CC)C(=O)n1c(=O)ccc2ccccc21. The number of carbonyl (C=O) groups excluding carboxylic acids is 1. The summed E-state index contributed by atoms with van der Waals surface area (Å²) in [7, 11) is 0. The number of nitrogens with zero attached hydrogens (tertiary/aromatic N) is 2. The number of aromatic nitrogens is 1. The maximum atomic E-state index is 12.3. The average Bonchev–Trinajstić information content (AvgIpc) is 2.39. The van der Waals surface area contributed by atoms with Crippen LogP contribution in [-0.2, 0) is 0 Å². The van der Waals surface area contributed by atoms with Crippen LogP contribution in [0.25, 0.3) is 10.9 Å². The van der Waals surface area contributed by atoms with Gasteiger partial charge in [-0.25, -0.2) is 9.36 Å². The van der Waals surface area contributed by atoms with Crippen LogP contribution in [0.2, 0.25) is 0 Å². The Kier molecular flexibility index (Phi) is 3.46. The zero-order chi connectivity index (χ0) is 13.1. The van der Waals surface area contributed by atoms with Crippen molar-refractivity contribution in [2.45, 2.75) is 13.8 Å². The van der Waals surface area contributed by atoms with Crippen LogP contribution < -0.4 is 5.56 Å². The molecule has 4 nitrogen and oxygen atoms in total. The molecule has 0 N–H and O–H groups in total. The zero-order valence-electron chi connectivity index (χ0n) is 10.6. The van der Waals surface area contributed by atoms with Crippen molar-refractivity contribution < 1.29 is 4.79 Å². The van der Waals surface area contributed by atoms with Crippen molar-refractivity contribution in [3.63, 3.8) is 0 Å². The molecular weight excluding hydrogens is 228 g/mol. The first-order valence-electron chi connectivity index (χ1n) is 6.09. The third kappa shape index (κ3) is 2.01. The Bertz CT molecular complexity index is 627. The predicted octanol–water partition coefficient (Wildman–Crippen LogP) is 2.31. The summed E-state index contributed by atoms with van der Waals surface area (Å²) in [5.41, 5.74) is 0.368. The first kappa shape index (κ1) is 12.4. The lowest BCUT2D eigenvalue weighted by Crippen LogP contribution is -2.39. The van der Waals surface area contributed by atoms with Crippen LogP contribution in [-0.4, -0.2) is 28.6 Å². The molecule has 0 bridgehead atoms. The molecule has 94 valence electrons. The predicted molar refractivity (Wildman–Crippen MR) is 71.9 cm³/mol. The second kappa shape index (κ2) is 5.04. The van der Waals surface area contributed by atoms with Gasteiger partial charge in [0.15, 0.2) is 0 Å². The molecule has 1 aromatic carbocycles. The fourth-order valence-electron chi connectivity index (χ4n) is 2.02. The summed E-state index contributed by atoms with van der Waals surface area (Å²) < 4.78 is 1.24. The summed E-state index contributed by atoms with van der Waals surface area (Å²) in [4.78, 5) is 25.9. The van der Waals surface area contributed by atoms with Crippen molar-refractivity contribution >= 4 is 16.9 Å². The molecule has 0 saturated carbocycles. The number of amides is 1. The lowest BCUT2D eigenvalue weighted by atomic mass is 10.2. The molecule has 0 radical (unpaired) electrons. The van der Waals surface area contributed by atoms with Crippen LogP contribution in [0.4, 0.5) is 4.79 Å². The molecular formula is C14H16N2O2. The van der Waals surface area contributed by atoms with Gasteiger partial charge < -0.3 is 4.90 Å². The van der Waals surface area contributed by atoms with Crippen molar-refractivity contribution in [2.24, 2.45) is 0 Å². The third-order valence-electron chi connectivity index (χ3n) is 3.03. The second-order valence-corrected chi connectivity index (χ2v) is 4.02. The van der Waals surface area contributed by atoms with Crippen molar-refractivity contribution in [3.05, 3.63) is 46.8 Å². The van der Waals surface area contributed by atoms with E-state index in [9.17, 15) is 9.59 Å². The van der Waals surface area contributed by atoms with Crippen LogP contribution >= 0.6 is 0 Å². The average molecular weight is 244 g/mol. The smallest absolute Gasteiger partial charge is 0.325 e. The normalized spacial score (nSPS) is 10.6. The Balaban J connectivity index is 2.66. The van der Waals surface area contributed by atoms with Gasteiger partial charge in [-0.2, -0.15) is 0 Å². The van der Waals surface area contributed by atoms with Gasteiger partial charge in [0.2, 0.25) is 0 Å². The molecule has 0 aliphatic heterocycles. The molecule has 1 aromatic heterocycles. The van der Waals surface area contributed by atoms with Crippen molar-refractivity contribution in [1.29, 1.82) is 0 Å². The first-order chi connectivity index (χ1) is 8.69. The molecule has 4 heteroatoms. The second-order valence-electron chi connectivity index (χ2n) is 4.02. The van der Waals surface area contributed by atoms with Crippen molar-refractivity contribution in [1.82, 2.24) is 9.47 Å². The standard InChI is InChI=1S/C14H16N2O2/c1-3-15(4-2)14(18)16-12-8-6-5-7-11(12)9-10-13(16)17/h5-10H,3-4H2,1-2H3. The van der Waals surface area contributed by atoms with Gasteiger partial charge >= 0.3 is 6.03 Å². The Morgan fingerprint density at radius 3 is 2.44 bits per heavy atom. The molecule has 2 aromatic rings. The molecule has 0 aliphatic rings. The molecule has 18 heavy (non-hydrogen) atoms. The minimum Gasteiger partial charge on any atom is -0.325 e. The third-order valence-corrected chi connectivity index (χ3v) is 3.03. The van der Waals surface area contributed by atoms with Crippen molar-refractivity contribution in [3.8, 4) is 0 Å². The molecule has 1 amide bonds. The molecule has 2 rings (SSSR count). The largest absolute Gasteiger partial charge is 0.331 e. The van der Waals surface area contributed by atoms with Crippen LogP contribution in [0.3, 0.4) is 0 Å². The van der Waals surface area contributed by atoms with E-state index in [-0.39, 0.29) is 11.6 Å². The Morgan fingerprint density at radius 2 is 1.78 bits per heavy atom. The number of benzene rings is 1. The molecule has 0 fully saturated rings. The van der Waals surface area contributed by atoms with Gasteiger partial charge in [0.1, 0.15) is 0 Å². The van der Waals surface area contributed by atoms with Gasteiger partial charge in [0.05, 0.1) is 5.52 Å². The molecule has 0 unspecified atom stereocenters. The summed E-state index contributed by atoms with van der Waals surface area (Å²) >= 11 is 0. The number of carbonyl (C=O) groups is 1. The molecule has 0 spiro atoms. The van der Waals surface area contributed by atoms with E-state index in [1.54, 1.807) is 17.0 Å². The fraction of sp³-hybridized carbons (Fsp3) is 0.286. The maximum absolute atomic E-state index is 12.3. The molecule has 0 atom stereocenters. The summed E-state index contributed by atoms with van der Waals surface area (Å²) in [6.45, 7) is 4.98. The minimum absolute atomic E-state index is 0.262. The lowest BCUT2D eigenvalue weighted by molar-refractivity contribution is 0.205. The van der Waals surface area contributed by atoms with E-state index in [1.165, 1.54) is 10.6 Å². The van der Waals surface area contributed by atoms with Gasteiger partial charge in [-0.15, -0.1) is 0 Å². The van der Waals surface area contributed by atoms with Crippen LogP contribution in [0.1, 0.15) is 13.8 Å². The Morgan fingerprint density at radius 1 is 1.11 bits per heavy atom. The van der Waals surface area contributed by atoms with E-state index in [2.05, 4.69) is 0 Å². The highest BCUT2D eigenvalue weighted by Crippen LogP contribution is 2.11. The van der Waals surface area contributed by atoms with E-state index in [0.717, 1.165) is 5.39 Å². The van der Waals surface area contributed by atoms with Crippen LogP contribution in [0, 0.1) is 0 Å². The lowest BCUT2D eigenvalue weighted by Gasteiger charge is -2.20. The summed E-state index contributed by atoms with van der Waals surface area (Å²) in [5.74, 6) is 0. The number of fused-ring (bicyclic) bond motifs is 1. The van der Waals surface area contributed by atoms with Gasteiger partial charge in [-0.1, -0.05) is 18.2 Å². The number of para-hydroxylation sites is 1. The van der Waals surface area contributed by atoms with E-state index in [0.29, 0.717) is 18.6 Å². The summed E-state index contributed by atoms with van der Waals surface area (Å²) in [6, 6.07) is 10.3. The van der Waals surface area contributed by atoms with E-state index >= 15 is 0 Å². The number of pyridine rings is 1. The van der Waals surface area contributed by atoms with Gasteiger partial charge in [-0.3, -0.25) is 4.79 Å². The highest BCUT2D eigenvalue weighted by molar-refractivity contribution is 5.90. The van der Waals surface area contributed by atoms with E-state index in [4.69, 9.17) is 0 Å². The van der Waals surface area contributed by atoms with E-state index in [1.807, 2.05) is 32.0 Å². The van der Waals surface area contributed by atoms with Gasteiger partial charge in [-0.05, 0) is 31.4 Å². The Hall–Kier alpha value is -2.10. The molecule has 1 heterocycles. The van der Waals surface area contributed by atoms with Crippen molar-refractivity contribution in [2.75, 3.05) is 13.1 Å². The number of hydrogen-bond acceptors (Lipinski definition) is 2. The summed E-state index contributed by atoms with van der Waals surface area (Å²) in [6.07, 6.45) is 0. The first-order valence-corrected chi connectivity index (χ1v) is 6.09. The molecule has 0 aliphatic carbocycles. The fourth-order valence-corrected chi connectivity index (χ4v) is 2.02. The zero-order valence-corrected chi connectivity index (χ0v) is 10.6. The quantitative estimate of drug-likeness (QED) is 0.813. The molecule has 0 saturated heterocycles.